The molecule has 1 fully saturated rings. The van der Waals surface area contributed by atoms with Crippen LogP contribution in [0.25, 0.3) is 0 Å². The minimum absolute atomic E-state index is 0.144. The molecule has 2 N–H and O–H groups in total. The number of carbonyl (C=O) groups excluding carboxylic acids is 3. The Labute approximate surface area is 203 Å². The third kappa shape index (κ3) is 4.33. The number of nitrogens with one attached hydrogen (secondary N) is 2. The SMILES string of the molecule is CCCN1C(=O)c2cc(C(=O)NCc3ccc4c(c3)OCO4)nn2C[C@]1(C)C(=O)NC1CCCC1. The fraction of sp³-hybridized carbons (Fsp3) is 0.520. The summed E-state index contributed by atoms with van der Waals surface area (Å²) in [5, 5.41) is 10.4. The molecule has 1 aromatic carbocycles. The van der Waals surface area contributed by atoms with Gasteiger partial charge >= 0.3 is 0 Å². The summed E-state index contributed by atoms with van der Waals surface area (Å²) in [6.07, 6.45) is 4.85. The largest absolute Gasteiger partial charge is 0.454 e. The second kappa shape index (κ2) is 9.24. The van der Waals surface area contributed by atoms with Crippen molar-refractivity contribution < 1.29 is 23.9 Å². The summed E-state index contributed by atoms with van der Waals surface area (Å²) in [7, 11) is 0. The molecule has 10 heteroatoms. The Morgan fingerprint density at radius 2 is 1.94 bits per heavy atom. The third-order valence-corrected chi connectivity index (χ3v) is 7.05. The van der Waals surface area contributed by atoms with Crippen LogP contribution in [0.4, 0.5) is 0 Å². The van der Waals surface area contributed by atoms with E-state index in [1.165, 1.54) is 10.7 Å². The van der Waals surface area contributed by atoms with Gasteiger partial charge in [0.2, 0.25) is 12.7 Å². The van der Waals surface area contributed by atoms with Crippen molar-refractivity contribution >= 4 is 17.7 Å². The van der Waals surface area contributed by atoms with Gasteiger partial charge in [-0.1, -0.05) is 25.8 Å². The Hall–Kier alpha value is -3.56. The van der Waals surface area contributed by atoms with E-state index in [0.29, 0.717) is 23.7 Å². The number of hydrogen-bond donors (Lipinski definition) is 2. The summed E-state index contributed by atoms with van der Waals surface area (Å²) in [5.74, 6) is 0.477. The number of aromatic nitrogens is 2. The number of rotatable bonds is 7. The molecule has 0 saturated heterocycles. The number of amides is 3. The highest BCUT2D eigenvalue weighted by Crippen LogP contribution is 2.32. The first-order chi connectivity index (χ1) is 16.9. The van der Waals surface area contributed by atoms with Crippen molar-refractivity contribution in [2.75, 3.05) is 13.3 Å². The van der Waals surface area contributed by atoms with E-state index in [9.17, 15) is 14.4 Å². The highest BCUT2D eigenvalue weighted by Gasteiger charge is 2.48. The number of hydrogen-bond acceptors (Lipinski definition) is 6. The topological polar surface area (TPSA) is 115 Å². The van der Waals surface area contributed by atoms with Crippen LogP contribution in [0.3, 0.4) is 0 Å². The third-order valence-electron chi connectivity index (χ3n) is 7.05. The first-order valence-electron chi connectivity index (χ1n) is 12.3. The van der Waals surface area contributed by atoms with Crippen LogP contribution in [0.15, 0.2) is 24.3 Å². The highest BCUT2D eigenvalue weighted by atomic mass is 16.7. The lowest BCUT2D eigenvalue weighted by molar-refractivity contribution is -0.133. The van der Waals surface area contributed by atoms with Crippen molar-refractivity contribution in [3.8, 4) is 11.5 Å². The molecule has 1 aromatic heterocycles. The molecule has 0 bridgehead atoms. The average Bonchev–Trinajstić information content (AvgIpc) is 3.60. The van der Waals surface area contributed by atoms with E-state index in [-0.39, 0.29) is 43.4 Å². The van der Waals surface area contributed by atoms with Gasteiger partial charge in [-0.25, -0.2) is 0 Å². The lowest BCUT2D eigenvalue weighted by Crippen LogP contribution is -2.65. The number of carbonyl (C=O) groups is 3. The van der Waals surface area contributed by atoms with Gasteiger partial charge in [0.1, 0.15) is 11.2 Å². The summed E-state index contributed by atoms with van der Waals surface area (Å²) < 4.78 is 12.2. The predicted octanol–water partition coefficient (Wildman–Crippen LogP) is 2.23. The van der Waals surface area contributed by atoms with E-state index < -0.39 is 11.4 Å². The van der Waals surface area contributed by atoms with Crippen LogP contribution >= 0.6 is 0 Å². The Balaban J connectivity index is 1.32. The average molecular weight is 482 g/mol. The van der Waals surface area contributed by atoms with Gasteiger partial charge in [-0.3, -0.25) is 19.1 Å². The molecule has 0 spiro atoms. The maximum absolute atomic E-state index is 13.4. The molecule has 2 aliphatic heterocycles. The fourth-order valence-electron chi connectivity index (χ4n) is 5.06. The molecule has 3 heterocycles. The van der Waals surface area contributed by atoms with Gasteiger partial charge in [-0.2, -0.15) is 5.10 Å². The van der Waals surface area contributed by atoms with Gasteiger partial charge in [0.25, 0.3) is 11.8 Å². The van der Waals surface area contributed by atoms with Crippen molar-refractivity contribution in [2.45, 2.75) is 70.6 Å². The maximum Gasteiger partial charge on any atom is 0.273 e. The Bertz CT molecular complexity index is 1160. The van der Waals surface area contributed by atoms with E-state index in [1.807, 2.05) is 19.1 Å². The smallest absolute Gasteiger partial charge is 0.273 e. The van der Waals surface area contributed by atoms with Gasteiger partial charge in [0, 0.05) is 25.2 Å². The van der Waals surface area contributed by atoms with Crippen molar-refractivity contribution in [1.82, 2.24) is 25.3 Å². The molecule has 3 amide bonds. The number of fused-ring (bicyclic) bond motifs is 2. The van der Waals surface area contributed by atoms with Crippen molar-refractivity contribution in [3.05, 3.63) is 41.2 Å². The molecule has 1 aliphatic carbocycles. The minimum Gasteiger partial charge on any atom is -0.454 e. The molecule has 35 heavy (non-hydrogen) atoms. The van der Waals surface area contributed by atoms with E-state index in [2.05, 4.69) is 15.7 Å². The molecule has 2 aromatic rings. The number of benzene rings is 1. The fourth-order valence-corrected chi connectivity index (χ4v) is 5.06. The first kappa shape index (κ1) is 23.2. The van der Waals surface area contributed by atoms with Crippen LogP contribution in [0, 0.1) is 0 Å². The van der Waals surface area contributed by atoms with Crippen molar-refractivity contribution in [3.63, 3.8) is 0 Å². The summed E-state index contributed by atoms with van der Waals surface area (Å²) >= 11 is 0. The van der Waals surface area contributed by atoms with Crippen LogP contribution in [0.5, 0.6) is 11.5 Å². The molecular formula is C25H31N5O5. The number of ether oxygens (including phenoxy) is 2. The van der Waals surface area contributed by atoms with Gasteiger partial charge in [-0.15, -0.1) is 0 Å². The summed E-state index contributed by atoms with van der Waals surface area (Å²) in [5.41, 5.74) is 0.242. The summed E-state index contributed by atoms with van der Waals surface area (Å²) in [6.45, 7) is 4.87. The van der Waals surface area contributed by atoms with E-state index in [1.54, 1.807) is 17.9 Å². The highest BCUT2D eigenvalue weighted by molar-refractivity contribution is 6.02. The summed E-state index contributed by atoms with van der Waals surface area (Å²) in [4.78, 5) is 41.3. The van der Waals surface area contributed by atoms with Crippen LogP contribution in [-0.2, 0) is 17.9 Å². The molecule has 3 aliphatic rings. The molecular weight excluding hydrogens is 450 g/mol. The van der Waals surface area contributed by atoms with Crippen LogP contribution < -0.4 is 20.1 Å². The van der Waals surface area contributed by atoms with Crippen LogP contribution in [0.1, 0.15) is 72.5 Å². The minimum atomic E-state index is -1.07. The van der Waals surface area contributed by atoms with Crippen molar-refractivity contribution in [2.24, 2.45) is 0 Å². The molecule has 0 radical (unpaired) electrons. The summed E-state index contributed by atoms with van der Waals surface area (Å²) in [6, 6.07) is 7.13. The second-order valence-electron chi connectivity index (χ2n) is 9.63. The predicted molar refractivity (Wildman–Crippen MR) is 126 cm³/mol. The maximum atomic E-state index is 13.4. The standard InChI is InChI=1S/C25H31N5O5/c1-3-10-29-23(32)19-12-18(22(31)26-13-16-8-9-20-21(11-16)35-15-34-20)28-30(19)14-25(29,2)24(33)27-17-6-4-5-7-17/h8-9,11-12,17H,3-7,10,13-15H2,1-2H3,(H,26,31)(H,27,33)/t25-/m1/s1. The Morgan fingerprint density at radius 3 is 2.71 bits per heavy atom. The van der Waals surface area contributed by atoms with Gasteiger partial charge < -0.3 is 25.0 Å². The van der Waals surface area contributed by atoms with E-state index in [4.69, 9.17) is 9.47 Å². The molecule has 186 valence electrons. The molecule has 10 nitrogen and oxygen atoms in total. The lowest BCUT2D eigenvalue weighted by Gasteiger charge is -2.43. The van der Waals surface area contributed by atoms with Gasteiger partial charge in [0.05, 0.1) is 6.54 Å². The monoisotopic (exact) mass is 481 g/mol. The second-order valence-corrected chi connectivity index (χ2v) is 9.63. The van der Waals surface area contributed by atoms with E-state index in [0.717, 1.165) is 37.7 Å². The molecule has 5 rings (SSSR count). The Morgan fingerprint density at radius 1 is 1.17 bits per heavy atom. The van der Waals surface area contributed by atoms with Crippen LogP contribution in [0.2, 0.25) is 0 Å². The molecule has 1 atom stereocenters. The van der Waals surface area contributed by atoms with Gasteiger partial charge in [0.15, 0.2) is 17.2 Å². The molecule has 0 unspecified atom stereocenters. The number of nitrogens with zero attached hydrogens (tertiary/aromatic N) is 3. The normalized spacial score (nSPS) is 21.2. The lowest BCUT2D eigenvalue weighted by atomic mass is 9.94. The zero-order valence-corrected chi connectivity index (χ0v) is 20.1. The van der Waals surface area contributed by atoms with E-state index >= 15 is 0 Å². The Kier molecular flexibility index (Phi) is 6.12. The quantitative estimate of drug-likeness (QED) is 0.627. The zero-order chi connectivity index (χ0) is 24.6. The zero-order valence-electron chi connectivity index (χ0n) is 20.1. The first-order valence-corrected chi connectivity index (χ1v) is 12.3. The van der Waals surface area contributed by atoms with Gasteiger partial charge in [-0.05, 0) is 43.9 Å². The molecule has 1 saturated carbocycles. The van der Waals surface area contributed by atoms with Crippen LogP contribution in [-0.4, -0.2) is 57.3 Å². The van der Waals surface area contributed by atoms with Crippen molar-refractivity contribution in [1.29, 1.82) is 0 Å².